The van der Waals surface area contributed by atoms with E-state index in [1.807, 2.05) is 6.08 Å². The second-order valence-corrected chi connectivity index (χ2v) is 13.5. The van der Waals surface area contributed by atoms with Crippen molar-refractivity contribution in [2.75, 3.05) is 6.61 Å². The molecule has 4 fully saturated rings. The molecular weight excluding hydrogens is 444 g/mol. The third kappa shape index (κ3) is 4.24. The van der Waals surface area contributed by atoms with Gasteiger partial charge < -0.3 is 30.6 Å². The van der Waals surface area contributed by atoms with E-state index in [9.17, 15) is 30.6 Å². The van der Waals surface area contributed by atoms with Crippen molar-refractivity contribution in [3.8, 4) is 0 Å². The summed E-state index contributed by atoms with van der Waals surface area (Å²) < 4.78 is 0. The molecule has 0 aliphatic heterocycles. The van der Waals surface area contributed by atoms with Crippen molar-refractivity contribution in [1.29, 1.82) is 0 Å². The molecule has 0 aromatic rings. The van der Waals surface area contributed by atoms with E-state index in [1.54, 1.807) is 0 Å². The van der Waals surface area contributed by atoms with Gasteiger partial charge in [-0.25, -0.2) is 0 Å². The molecular formula is C29H50O6. The van der Waals surface area contributed by atoms with E-state index >= 15 is 0 Å². The highest BCUT2D eigenvalue weighted by molar-refractivity contribution is 5.22. The highest BCUT2D eigenvalue weighted by Crippen LogP contribution is 2.69. The molecule has 6 heteroatoms. The van der Waals surface area contributed by atoms with Gasteiger partial charge in [-0.2, -0.15) is 0 Å². The fourth-order valence-corrected chi connectivity index (χ4v) is 9.83. The maximum Gasteiger partial charge on any atom is 0.0863 e. The first-order valence-corrected chi connectivity index (χ1v) is 14.1. The molecule has 0 bridgehead atoms. The van der Waals surface area contributed by atoms with Crippen molar-refractivity contribution in [2.45, 2.75) is 116 Å². The largest absolute Gasteiger partial charge is 0.393 e. The van der Waals surface area contributed by atoms with Gasteiger partial charge in [0.15, 0.2) is 0 Å². The van der Waals surface area contributed by atoms with Crippen LogP contribution in [0.1, 0.15) is 86.0 Å². The second kappa shape index (κ2) is 9.67. The number of aliphatic hydroxyl groups excluding tert-OH is 5. The summed E-state index contributed by atoms with van der Waals surface area (Å²) in [5, 5.41) is 66.2. The molecule has 0 spiro atoms. The smallest absolute Gasteiger partial charge is 0.0863 e. The normalized spacial score (nSPS) is 51.0. The van der Waals surface area contributed by atoms with Crippen LogP contribution in [0, 0.1) is 46.3 Å². The quantitative estimate of drug-likeness (QED) is 0.316. The molecule has 202 valence electrons. The highest BCUT2D eigenvalue weighted by atomic mass is 16.3. The number of fused-ring (bicyclic) bond motifs is 5. The molecule has 35 heavy (non-hydrogen) atoms. The molecule has 4 aliphatic carbocycles. The lowest BCUT2D eigenvalue weighted by atomic mass is 9.42. The van der Waals surface area contributed by atoms with E-state index in [4.69, 9.17) is 0 Å². The summed E-state index contributed by atoms with van der Waals surface area (Å²) >= 11 is 0. The summed E-state index contributed by atoms with van der Waals surface area (Å²) in [7, 11) is 0. The Bertz CT molecular complexity index is 798. The van der Waals surface area contributed by atoms with Gasteiger partial charge >= 0.3 is 0 Å². The molecule has 0 aromatic heterocycles. The monoisotopic (exact) mass is 494 g/mol. The molecule has 5 unspecified atom stereocenters. The number of hydrogen-bond acceptors (Lipinski definition) is 6. The Morgan fingerprint density at radius 3 is 2.26 bits per heavy atom. The molecule has 0 amide bonds. The minimum absolute atomic E-state index is 0.0278. The zero-order valence-corrected chi connectivity index (χ0v) is 22.4. The Morgan fingerprint density at radius 1 is 0.971 bits per heavy atom. The first-order chi connectivity index (χ1) is 16.3. The van der Waals surface area contributed by atoms with Crippen LogP contribution in [0.15, 0.2) is 11.6 Å². The molecule has 6 nitrogen and oxygen atoms in total. The fraction of sp³-hybridized carbons (Fsp3) is 0.931. The minimum Gasteiger partial charge on any atom is -0.393 e. The fourth-order valence-electron chi connectivity index (χ4n) is 9.83. The van der Waals surface area contributed by atoms with Crippen molar-refractivity contribution in [3.05, 3.63) is 11.6 Å². The third-order valence-electron chi connectivity index (χ3n) is 11.4. The zero-order chi connectivity index (χ0) is 25.9. The summed E-state index contributed by atoms with van der Waals surface area (Å²) in [6.45, 7) is 10.7. The maximum atomic E-state index is 12.4. The summed E-state index contributed by atoms with van der Waals surface area (Å²) in [4.78, 5) is 0. The van der Waals surface area contributed by atoms with Crippen LogP contribution in [0.2, 0.25) is 0 Å². The molecule has 6 N–H and O–H groups in total. The average Bonchev–Trinajstić information content (AvgIpc) is 2.97. The van der Waals surface area contributed by atoms with Crippen molar-refractivity contribution in [2.24, 2.45) is 46.3 Å². The van der Waals surface area contributed by atoms with Gasteiger partial charge in [0.2, 0.25) is 0 Å². The SMILES string of the molecule is CC(C)C(=CCO)CC[C@@H](C)[C@H]1C(O)C(O)[C@@H]2[C@]1(C)CC[C@H]1[C@@]2(O)CC(O)C2CC(O)CC[C@@]21C. The Morgan fingerprint density at radius 2 is 1.63 bits per heavy atom. The van der Waals surface area contributed by atoms with Gasteiger partial charge in [0.25, 0.3) is 0 Å². The maximum absolute atomic E-state index is 12.4. The topological polar surface area (TPSA) is 121 Å². The van der Waals surface area contributed by atoms with Crippen molar-refractivity contribution < 1.29 is 30.6 Å². The first kappa shape index (κ1) is 27.5. The van der Waals surface area contributed by atoms with Gasteiger partial charge in [-0.3, -0.25) is 0 Å². The molecule has 0 radical (unpaired) electrons. The zero-order valence-electron chi connectivity index (χ0n) is 22.4. The predicted molar refractivity (Wildman–Crippen MR) is 135 cm³/mol. The molecule has 4 aliphatic rings. The molecule has 4 rings (SSSR count). The number of rotatable bonds is 6. The van der Waals surface area contributed by atoms with E-state index in [1.165, 1.54) is 5.57 Å². The number of allylic oxidation sites excluding steroid dienone is 1. The van der Waals surface area contributed by atoms with Crippen molar-refractivity contribution >= 4 is 0 Å². The summed E-state index contributed by atoms with van der Waals surface area (Å²) in [5.41, 5.74) is -0.748. The van der Waals surface area contributed by atoms with Crippen LogP contribution in [0.3, 0.4) is 0 Å². The minimum atomic E-state index is -1.24. The van der Waals surface area contributed by atoms with Gasteiger partial charge in [-0.15, -0.1) is 0 Å². The van der Waals surface area contributed by atoms with Gasteiger partial charge in [-0.05, 0) is 85.4 Å². The molecule has 0 saturated heterocycles. The lowest BCUT2D eigenvalue weighted by Crippen LogP contribution is -2.68. The summed E-state index contributed by atoms with van der Waals surface area (Å²) in [6.07, 6.45) is 4.36. The van der Waals surface area contributed by atoms with Crippen LogP contribution < -0.4 is 0 Å². The van der Waals surface area contributed by atoms with E-state index in [0.717, 1.165) is 32.1 Å². The van der Waals surface area contributed by atoms with E-state index < -0.39 is 41.3 Å². The Kier molecular flexibility index (Phi) is 7.60. The van der Waals surface area contributed by atoms with Crippen LogP contribution >= 0.6 is 0 Å². The van der Waals surface area contributed by atoms with E-state index in [-0.39, 0.29) is 42.1 Å². The lowest BCUT2D eigenvalue weighted by molar-refractivity contribution is -0.264. The van der Waals surface area contributed by atoms with Gasteiger partial charge in [0, 0.05) is 12.3 Å². The molecule has 12 atom stereocenters. The highest BCUT2D eigenvalue weighted by Gasteiger charge is 2.72. The third-order valence-corrected chi connectivity index (χ3v) is 11.4. The Labute approximate surface area is 211 Å². The van der Waals surface area contributed by atoms with Crippen LogP contribution in [0.25, 0.3) is 0 Å². The van der Waals surface area contributed by atoms with Crippen LogP contribution in [0.4, 0.5) is 0 Å². The standard InChI is InChI=1S/C29H50O6/c1-16(2)18(10-13-30)7-6-17(3)23-24(33)25(34)26-28(23,5)12-9-22-27(4)11-8-19(31)14-20(27)21(32)15-29(22,26)35/h10,16-17,19-26,30-35H,6-9,11-15H2,1-5H3/t17-,19?,20?,21?,22-,23+,24?,25?,26-,27+,28-,29+/m1/s1. The van der Waals surface area contributed by atoms with E-state index in [0.29, 0.717) is 18.8 Å². The summed E-state index contributed by atoms with van der Waals surface area (Å²) in [5.74, 6) is -0.271. The molecule has 0 heterocycles. The predicted octanol–water partition coefficient (Wildman–Crippen LogP) is 3.02. The molecule has 0 aromatic carbocycles. The average molecular weight is 495 g/mol. The lowest BCUT2D eigenvalue weighted by Gasteiger charge is -2.65. The number of hydrogen-bond donors (Lipinski definition) is 6. The van der Waals surface area contributed by atoms with Crippen molar-refractivity contribution in [1.82, 2.24) is 0 Å². The number of aliphatic hydroxyl groups is 6. The Hall–Kier alpha value is -0.500. The van der Waals surface area contributed by atoms with Gasteiger partial charge in [0.1, 0.15) is 0 Å². The van der Waals surface area contributed by atoms with Gasteiger partial charge in [-0.1, -0.05) is 46.3 Å². The Balaban J connectivity index is 1.62. The first-order valence-electron chi connectivity index (χ1n) is 14.1. The van der Waals surface area contributed by atoms with Gasteiger partial charge in [0.05, 0.1) is 36.6 Å². The second-order valence-electron chi connectivity index (χ2n) is 13.5. The molecule has 4 saturated carbocycles. The van der Waals surface area contributed by atoms with Crippen molar-refractivity contribution in [3.63, 3.8) is 0 Å². The van der Waals surface area contributed by atoms with E-state index in [2.05, 4.69) is 34.6 Å². The van der Waals surface area contributed by atoms with Crippen LogP contribution in [-0.2, 0) is 0 Å². The van der Waals surface area contributed by atoms with Crippen LogP contribution in [0.5, 0.6) is 0 Å². The van der Waals surface area contributed by atoms with Crippen LogP contribution in [-0.4, -0.2) is 67.3 Å². The summed E-state index contributed by atoms with van der Waals surface area (Å²) in [6, 6.07) is 0.